The van der Waals surface area contributed by atoms with Gasteiger partial charge in [0, 0.05) is 5.56 Å². The quantitative estimate of drug-likeness (QED) is 0.696. The van der Waals surface area contributed by atoms with E-state index in [2.05, 4.69) is 0 Å². The van der Waals surface area contributed by atoms with Crippen LogP contribution in [0.2, 0.25) is 0 Å². The highest BCUT2D eigenvalue weighted by Crippen LogP contribution is 2.38. The molecule has 4 heteroatoms. The summed E-state index contributed by atoms with van der Waals surface area (Å²) in [5.74, 6) is 2.27. The molecule has 106 valence electrons. The highest BCUT2D eigenvalue weighted by molar-refractivity contribution is 6.18. The number of benzene rings is 2. The Labute approximate surface area is 129 Å². The van der Waals surface area contributed by atoms with Crippen molar-refractivity contribution < 1.29 is 9.47 Å². The maximum absolute atomic E-state index is 5.77. The van der Waals surface area contributed by atoms with Gasteiger partial charge in [-0.05, 0) is 11.6 Å². The molecule has 0 saturated heterocycles. The molecule has 0 atom stereocenters. The van der Waals surface area contributed by atoms with E-state index in [1.54, 1.807) is 0 Å². The Bertz CT molecular complexity index is 529. The molecule has 0 N–H and O–H groups in total. The molecule has 0 heterocycles. The van der Waals surface area contributed by atoms with Gasteiger partial charge >= 0.3 is 0 Å². The Balaban J connectivity index is 2.39. The molecule has 0 spiro atoms. The highest BCUT2D eigenvalue weighted by atomic mass is 35.5. The van der Waals surface area contributed by atoms with Crippen molar-refractivity contribution in [2.24, 2.45) is 0 Å². The van der Waals surface area contributed by atoms with E-state index in [0.717, 1.165) is 11.1 Å². The number of hydrogen-bond donors (Lipinski definition) is 0. The number of para-hydroxylation sites is 1. The average molecular weight is 311 g/mol. The minimum absolute atomic E-state index is 0.429. The summed E-state index contributed by atoms with van der Waals surface area (Å²) in [5, 5.41) is 0. The van der Waals surface area contributed by atoms with Crippen LogP contribution in [-0.4, -0.2) is 25.0 Å². The fourth-order valence-corrected chi connectivity index (χ4v) is 2.07. The maximum Gasteiger partial charge on any atom is 0.169 e. The Morgan fingerprint density at radius 3 is 2.15 bits per heavy atom. The molecule has 0 bridgehead atoms. The molecule has 2 aromatic rings. The summed E-state index contributed by atoms with van der Waals surface area (Å²) in [6.07, 6.45) is 0. The van der Waals surface area contributed by atoms with Crippen LogP contribution in [0.4, 0.5) is 0 Å². The number of ether oxygens (including phenoxy) is 2. The fraction of sp³-hybridized carbons (Fsp3) is 0.250. The normalized spacial score (nSPS) is 10.3. The Morgan fingerprint density at radius 2 is 1.45 bits per heavy atom. The first-order valence-corrected chi connectivity index (χ1v) is 7.49. The molecule has 0 radical (unpaired) electrons. The van der Waals surface area contributed by atoms with E-state index in [0.29, 0.717) is 36.5 Å². The van der Waals surface area contributed by atoms with Gasteiger partial charge in [-0.3, -0.25) is 0 Å². The van der Waals surface area contributed by atoms with Gasteiger partial charge in [-0.2, -0.15) is 0 Å². The van der Waals surface area contributed by atoms with Gasteiger partial charge in [0.2, 0.25) is 0 Å². The summed E-state index contributed by atoms with van der Waals surface area (Å²) in [7, 11) is 0. The molecule has 20 heavy (non-hydrogen) atoms. The van der Waals surface area contributed by atoms with E-state index in [-0.39, 0.29) is 0 Å². The summed E-state index contributed by atoms with van der Waals surface area (Å²) >= 11 is 11.4. The van der Waals surface area contributed by atoms with Gasteiger partial charge in [-0.1, -0.05) is 42.5 Å². The van der Waals surface area contributed by atoms with Gasteiger partial charge < -0.3 is 9.47 Å². The third-order valence-corrected chi connectivity index (χ3v) is 3.03. The van der Waals surface area contributed by atoms with Crippen molar-refractivity contribution in [2.45, 2.75) is 0 Å². The summed E-state index contributed by atoms with van der Waals surface area (Å²) in [6, 6.07) is 15.9. The minimum atomic E-state index is 0.429. The molecule has 0 amide bonds. The smallest absolute Gasteiger partial charge is 0.169 e. The molecule has 0 fully saturated rings. The van der Waals surface area contributed by atoms with Crippen molar-refractivity contribution in [1.82, 2.24) is 0 Å². The van der Waals surface area contributed by atoms with Crippen LogP contribution in [0.5, 0.6) is 11.5 Å². The van der Waals surface area contributed by atoms with Crippen molar-refractivity contribution in [1.29, 1.82) is 0 Å². The van der Waals surface area contributed by atoms with Gasteiger partial charge in [0.25, 0.3) is 0 Å². The van der Waals surface area contributed by atoms with Crippen molar-refractivity contribution in [3.63, 3.8) is 0 Å². The van der Waals surface area contributed by atoms with E-state index < -0.39 is 0 Å². The minimum Gasteiger partial charge on any atom is -0.488 e. The molecular weight excluding hydrogens is 295 g/mol. The molecule has 0 unspecified atom stereocenters. The van der Waals surface area contributed by atoms with Crippen molar-refractivity contribution in [3.8, 4) is 22.6 Å². The van der Waals surface area contributed by atoms with Gasteiger partial charge in [-0.15, -0.1) is 23.2 Å². The van der Waals surface area contributed by atoms with Crippen LogP contribution in [0.15, 0.2) is 48.5 Å². The lowest BCUT2D eigenvalue weighted by molar-refractivity contribution is 0.291. The van der Waals surface area contributed by atoms with Crippen LogP contribution in [0.3, 0.4) is 0 Å². The standard InChI is InChI=1S/C16H16Cl2O2/c17-9-11-19-15-8-4-7-14(16(15)20-12-10-18)13-5-2-1-3-6-13/h1-8H,9-12H2. The zero-order chi connectivity index (χ0) is 14.2. The number of hydrogen-bond acceptors (Lipinski definition) is 2. The van der Waals surface area contributed by atoms with E-state index >= 15 is 0 Å². The van der Waals surface area contributed by atoms with Crippen LogP contribution in [0.25, 0.3) is 11.1 Å². The molecule has 0 aliphatic rings. The lowest BCUT2D eigenvalue weighted by atomic mass is 10.0. The third kappa shape index (κ3) is 3.81. The summed E-state index contributed by atoms with van der Waals surface area (Å²) in [4.78, 5) is 0. The van der Waals surface area contributed by atoms with Crippen molar-refractivity contribution in [3.05, 3.63) is 48.5 Å². The van der Waals surface area contributed by atoms with E-state index in [9.17, 15) is 0 Å². The second-order valence-electron chi connectivity index (χ2n) is 4.07. The van der Waals surface area contributed by atoms with Crippen LogP contribution in [0.1, 0.15) is 0 Å². The lowest BCUT2D eigenvalue weighted by Crippen LogP contribution is -2.04. The fourth-order valence-electron chi connectivity index (χ4n) is 1.91. The Morgan fingerprint density at radius 1 is 0.750 bits per heavy atom. The molecule has 2 nitrogen and oxygen atoms in total. The van der Waals surface area contributed by atoms with E-state index in [4.69, 9.17) is 32.7 Å². The largest absolute Gasteiger partial charge is 0.488 e. The van der Waals surface area contributed by atoms with Crippen LogP contribution < -0.4 is 9.47 Å². The zero-order valence-electron chi connectivity index (χ0n) is 11.0. The number of rotatable bonds is 7. The van der Waals surface area contributed by atoms with Crippen LogP contribution in [-0.2, 0) is 0 Å². The van der Waals surface area contributed by atoms with Gasteiger partial charge in [0.15, 0.2) is 11.5 Å². The molecule has 0 saturated carbocycles. The second-order valence-corrected chi connectivity index (χ2v) is 4.83. The van der Waals surface area contributed by atoms with Crippen LogP contribution >= 0.6 is 23.2 Å². The van der Waals surface area contributed by atoms with E-state index in [1.807, 2.05) is 48.5 Å². The summed E-state index contributed by atoms with van der Waals surface area (Å²) < 4.78 is 11.4. The number of alkyl halides is 2. The monoisotopic (exact) mass is 310 g/mol. The third-order valence-electron chi connectivity index (χ3n) is 2.72. The van der Waals surface area contributed by atoms with Crippen LogP contribution in [0, 0.1) is 0 Å². The zero-order valence-corrected chi connectivity index (χ0v) is 12.5. The topological polar surface area (TPSA) is 18.5 Å². The predicted molar refractivity (Wildman–Crippen MR) is 84.3 cm³/mol. The molecule has 0 aliphatic carbocycles. The Kier molecular flexibility index (Phi) is 6.03. The van der Waals surface area contributed by atoms with Gasteiger partial charge in [0.1, 0.15) is 13.2 Å². The lowest BCUT2D eigenvalue weighted by Gasteiger charge is -2.15. The van der Waals surface area contributed by atoms with Gasteiger partial charge in [-0.25, -0.2) is 0 Å². The maximum atomic E-state index is 5.77. The molecule has 2 rings (SSSR count). The average Bonchev–Trinajstić information content (AvgIpc) is 2.52. The second kappa shape index (κ2) is 8.03. The van der Waals surface area contributed by atoms with Crippen molar-refractivity contribution >= 4 is 23.2 Å². The molecule has 2 aromatic carbocycles. The summed E-state index contributed by atoms with van der Waals surface area (Å²) in [6.45, 7) is 0.875. The predicted octanol–water partition coefficient (Wildman–Crippen LogP) is 4.59. The summed E-state index contributed by atoms with van der Waals surface area (Å²) in [5.41, 5.74) is 2.07. The Hall–Kier alpha value is -1.38. The first-order valence-electron chi connectivity index (χ1n) is 6.42. The SMILES string of the molecule is ClCCOc1cccc(-c2ccccc2)c1OCCCl. The molecule has 0 aromatic heterocycles. The molecular formula is C16H16Cl2O2. The van der Waals surface area contributed by atoms with E-state index in [1.165, 1.54) is 0 Å². The first kappa shape index (κ1) is 15.0. The highest BCUT2D eigenvalue weighted by Gasteiger charge is 2.12. The first-order chi connectivity index (χ1) is 9.86. The van der Waals surface area contributed by atoms with Gasteiger partial charge in [0.05, 0.1) is 11.8 Å². The van der Waals surface area contributed by atoms with Crippen molar-refractivity contribution in [2.75, 3.05) is 25.0 Å². The molecule has 0 aliphatic heterocycles. The number of halogens is 2.